The third kappa shape index (κ3) is 4.04. The van der Waals surface area contributed by atoms with Gasteiger partial charge in [-0.2, -0.15) is 0 Å². The smallest absolute Gasteiger partial charge is 0.295 e. The fraction of sp³-hybridized carbons (Fsp3) is 0.364. The molecule has 4 rings (SSSR count). The van der Waals surface area contributed by atoms with E-state index in [-0.39, 0.29) is 10.6 Å². The molecule has 0 amide bonds. The second-order valence-corrected chi connectivity index (χ2v) is 7.95. The molecule has 1 fully saturated rings. The summed E-state index contributed by atoms with van der Waals surface area (Å²) in [6.45, 7) is 6.09. The van der Waals surface area contributed by atoms with Gasteiger partial charge in [0.2, 0.25) is 0 Å². The molecule has 8 nitrogen and oxygen atoms in total. The fourth-order valence-electron chi connectivity index (χ4n) is 3.99. The summed E-state index contributed by atoms with van der Waals surface area (Å²) in [6.07, 6.45) is 1.95. The van der Waals surface area contributed by atoms with Gasteiger partial charge in [0.1, 0.15) is 5.82 Å². The van der Waals surface area contributed by atoms with E-state index < -0.39 is 0 Å². The van der Waals surface area contributed by atoms with Crippen LogP contribution in [0.15, 0.2) is 42.6 Å². The van der Waals surface area contributed by atoms with Crippen LogP contribution in [-0.4, -0.2) is 60.1 Å². The third-order valence-electron chi connectivity index (χ3n) is 5.37. The molecule has 0 unspecified atom stereocenters. The first-order valence-electron chi connectivity index (χ1n) is 10.1. The molecule has 3 aromatic rings. The molecular weight excluding hydrogens is 380 g/mol. The number of nitro benzene ring substituents is 1. The molecule has 156 valence electrons. The number of para-hydroxylation sites is 1. The maximum atomic E-state index is 11.4. The van der Waals surface area contributed by atoms with E-state index in [1.54, 1.807) is 6.07 Å². The van der Waals surface area contributed by atoms with Crippen molar-refractivity contribution in [2.75, 3.05) is 50.1 Å². The Balaban J connectivity index is 1.54. The Hall–Kier alpha value is -3.26. The van der Waals surface area contributed by atoms with E-state index >= 15 is 0 Å². The van der Waals surface area contributed by atoms with E-state index in [2.05, 4.69) is 36.8 Å². The van der Waals surface area contributed by atoms with Crippen molar-refractivity contribution in [1.82, 2.24) is 14.9 Å². The third-order valence-corrected chi connectivity index (χ3v) is 5.37. The standard InChI is InChI=1S/C22H26N6O2/c1-16-13-20(18-5-4-6-19(28(29)30)22(18)24-16)26-9-11-27(12-10-26)21-8-7-17(14-23-21)15-25(2)3/h4-8,13-14H,9-12,15H2,1-3H3. The maximum Gasteiger partial charge on any atom is 0.295 e. The van der Waals surface area contributed by atoms with Gasteiger partial charge in [-0.1, -0.05) is 18.2 Å². The Labute approximate surface area is 175 Å². The molecule has 1 saturated heterocycles. The highest BCUT2D eigenvalue weighted by molar-refractivity contribution is 5.97. The lowest BCUT2D eigenvalue weighted by atomic mass is 10.1. The number of aryl methyl sites for hydroxylation is 1. The van der Waals surface area contributed by atoms with Crippen molar-refractivity contribution in [1.29, 1.82) is 0 Å². The topological polar surface area (TPSA) is 78.6 Å². The quantitative estimate of drug-likeness (QED) is 0.475. The van der Waals surface area contributed by atoms with E-state index in [0.717, 1.165) is 55.3 Å². The monoisotopic (exact) mass is 406 g/mol. The molecule has 0 atom stereocenters. The zero-order chi connectivity index (χ0) is 21.3. The fourth-order valence-corrected chi connectivity index (χ4v) is 3.99. The number of aromatic nitrogens is 2. The van der Waals surface area contributed by atoms with Crippen molar-refractivity contribution in [3.63, 3.8) is 0 Å². The van der Waals surface area contributed by atoms with E-state index in [4.69, 9.17) is 0 Å². The molecule has 3 heterocycles. The van der Waals surface area contributed by atoms with Gasteiger partial charge in [0.05, 0.1) is 4.92 Å². The molecule has 1 aliphatic heterocycles. The lowest BCUT2D eigenvalue weighted by Crippen LogP contribution is -2.47. The Morgan fingerprint density at radius 3 is 2.47 bits per heavy atom. The zero-order valence-electron chi connectivity index (χ0n) is 17.6. The summed E-state index contributed by atoms with van der Waals surface area (Å²) in [5.74, 6) is 0.989. The van der Waals surface area contributed by atoms with Crippen molar-refractivity contribution < 1.29 is 4.92 Å². The maximum absolute atomic E-state index is 11.4. The molecule has 30 heavy (non-hydrogen) atoms. The lowest BCUT2D eigenvalue weighted by Gasteiger charge is -2.37. The SMILES string of the molecule is Cc1cc(N2CCN(c3ccc(CN(C)C)cn3)CC2)c2cccc([N+](=O)[O-])c2n1. The largest absolute Gasteiger partial charge is 0.367 e. The highest BCUT2D eigenvalue weighted by atomic mass is 16.6. The first-order chi connectivity index (χ1) is 14.4. The lowest BCUT2D eigenvalue weighted by molar-refractivity contribution is -0.383. The second kappa shape index (κ2) is 8.23. The van der Waals surface area contributed by atoms with Crippen molar-refractivity contribution in [3.05, 3.63) is 64.0 Å². The predicted octanol–water partition coefficient (Wildman–Crippen LogP) is 3.23. The average Bonchev–Trinajstić information content (AvgIpc) is 2.73. The molecule has 0 bridgehead atoms. The molecular formula is C22H26N6O2. The van der Waals surface area contributed by atoms with E-state index in [1.165, 1.54) is 11.6 Å². The number of hydrogen-bond acceptors (Lipinski definition) is 7. The van der Waals surface area contributed by atoms with Crippen LogP contribution in [0.2, 0.25) is 0 Å². The van der Waals surface area contributed by atoms with Gasteiger partial charge in [0.25, 0.3) is 5.69 Å². The summed E-state index contributed by atoms with van der Waals surface area (Å²) in [5, 5.41) is 12.3. The average molecular weight is 406 g/mol. The summed E-state index contributed by atoms with van der Waals surface area (Å²) < 4.78 is 0. The Morgan fingerprint density at radius 1 is 1.10 bits per heavy atom. The Bertz CT molecular complexity index is 1060. The van der Waals surface area contributed by atoms with Gasteiger partial charge >= 0.3 is 0 Å². The molecule has 0 radical (unpaired) electrons. The van der Waals surface area contributed by atoms with Crippen LogP contribution in [0.3, 0.4) is 0 Å². The highest BCUT2D eigenvalue weighted by Crippen LogP contribution is 2.32. The summed E-state index contributed by atoms with van der Waals surface area (Å²) in [6, 6.07) is 11.4. The van der Waals surface area contributed by atoms with Crippen LogP contribution < -0.4 is 9.80 Å². The number of rotatable bonds is 5. The van der Waals surface area contributed by atoms with Crippen LogP contribution in [0.5, 0.6) is 0 Å². The zero-order valence-corrected chi connectivity index (χ0v) is 17.6. The van der Waals surface area contributed by atoms with Crippen molar-refractivity contribution >= 4 is 28.1 Å². The minimum absolute atomic E-state index is 0.0538. The minimum atomic E-state index is -0.359. The molecule has 1 aliphatic rings. The van der Waals surface area contributed by atoms with Gasteiger partial charge in [-0.15, -0.1) is 0 Å². The number of fused-ring (bicyclic) bond motifs is 1. The summed E-state index contributed by atoms with van der Waals surface area (Å²) in [5.41, 5.74) is 3.50. The van der Waals surface area contributed by atoms with Crippen LogP contribution in [0, 0.1) is 17.0 Å². The van der Waals surface area contributed by atoms with Gasteiger partial charge in [0, 0.05) is 61.8 Å². The molecule has 2 aromatic heterocycles. The van der Waals surface area contributed by atoms with Crippen LogP contribution in [0.25, 0.3) is 10.9 Å². The molecule has 0 spiro atoms. The number of nitro groups is 1. The normalized spacial score (nSPS) is 14.5. The summed E-state index contributed by atoms with van der Waals surface area (Å²) >= 11 is 0. The van der Waals surface area contributed by atoms with Crippen molar-refractivity contribution in [3.8, 4) is 0 Å². The van der Waals surface area contributed by atoms with Gasteiger partial charge in [-0.3, -0.25) is 10.1 Å². The Morgan fingerprint density at radius 2 is 1.83 bits per heavy atom. The number of nitrogens with zero attached hydrogens (tertiary/aromatic N) is 6. The van der Waals surface area contributed by atoms with Crippen LogP contribution in [-0.2, 0) is 6.54 Å². The predicted molar refractivity (Wildman–Crippen MR) is 119 cm³/mol. The van der Waals surface area contributed by atoms with Crippen LogP contribution >= 0.6 is 0 Å². The number of piperazine rings is 1. The first-order valence-corrected chi connectivity index (χ1v) is 10.1. The number of anilines is 2. The number of hydrogen-bond donors (Lipinski definition) is 0. The second-order valence-electron chi connectivity index (χ2n) is 7.95. The summed E-state index contributed by atoms with van der Waals surface area (Å²) in [7, 11) is 4.10. The molecule has 0 N–H and O–H groups in total. The number of non-ortho nitro benzene ring substituents is 1. The highest BCUT2D eigenvalue weighted by Gasteiger charge is 2.22. The van der Waals surface area contributed by atoms with E-state index in [0.29, 0.717) is 5.52 Å². The van der Waals surface area contributed by atoms with Crippen LogP contribution in [0.1, 0.15) is 11.3 Å². The number of benzene rings is 1. The van der Waals surface area contributed by atoms with Gasteiger partial charge in [0.15, 0.2) is 5.52 Å². The van der Waals surface area contributed by atoms with Crippen molar-refractivity contribution in [2.24, 2.45) is 0 Å². The Kier molecular flexibility index (Phi) is 5.50. The summed E-state index contributed by atoms with van der Waals surface area (Å²) in [4.78, 5) is 26.9. The molecule has 0 saturated carbocycles. The van der Waals surface area contributed by atoms with Gasteiger partial charge in [-0.05, 0) is 38.7 Å². The van der Waals surface area contributed by atoms with Gasteiger partial charge < -0.3 is 14.7 Å². The van der Waals surface area contributed by atoms with E-state index in [1.807, 2.05) is 39.3 Å². The molecule has 1 aromatic carbocycles. The molecule has 0 aliphatic carbocycles. The van der Waals surface area contributed by atoms with E-state index in [9.17, 15) is 10.1 Å². The first kappa shape index (κ1) is 20.0. The minimum Gasteiger partial charge on any atom is -0.367 e. The van der Waals surface area contributed by atoms with Crippen molar-refractivity contribution in [2.45, 2.75) is 13.5 Å². The molecule has 8 heteroatoms. The number of pyridine rings is 2. The van der Waals surface area contributed by atoms with Gasteiger partial charge in [-0.25, -0.2) is 9.97 Å². The van der Waals surface area contributed by atoms with Crippen LogP contribution in [0.4, 0.5) is 17.2 Å².